The lowest BCUT2D eigenvalue weighted by Crippen LogP contribution is -2.12. The minimum Gasteiger partial charge on any atom is -0.437 e. The van der Waals surface area contributed by atoms with Crippen molar-refractivity contribution in [1.29, 1.82) is 0 Å². The molecule has 0 N–H and O–H groups in total. The summed E-state index contributed by atoms with van der Waals surface area (Å²) < 4.78 is 31.1. The molecule has 3 heterocycles. The highest BCUT2D eigenvalue weighted by Crippen LogP contribution is 2.31. The third-order valence-electron chi connectivity index (χ3n) is 5.53. The molecule has 8 heteroatoms. The van der Waals surface area contributed by atoms with Crippen LogP contribution >= 0.6 is 11.6 Å². The molecule has 0 spiro atoms. The molecule has 0 saturated carbocycles. The fourth-order valence-electron chi connectivity index (χ4n) is 3.91. The third-order valence-corrected chi connectivity index (χ3v) is 7.66. The Kier molecular flexibility index (Phi) is 4.95. The van der Waals surface area contributed by atoms with Crippen molar-refractivity contribution >= 4 is 44.7 Å². The van der Waals surface area contributed by atoms with E-state index < -0.39 is 9.84 Å². The average molecular weight is 454 g/mol. The predicted molar refractivity (Wildman–Crippen MR) is 123 cm³/mol. The van der Waals surface area contributed by atoms with Crippen LogP contribution in [0.3, 0.4) is 0 Å². The van der Waals surface area contributed by atoms with Gasteiger partial charge in [-0.25, -0.2) is 18.1 Å². The smallest absolute Gasteiger partial charge is 0.220 e. The van der Waals surface area contributed by atoms with Crippen molar-refractivity contribution in [3.63, 3.8) is 0 Å². The van der Waals surface area contributed by atoms with Crippen molar-refractivity contribution in [1.82, 2.24) is 14.8 Å². The van der Waals surface area contributed by atoms with E-state index in [1.54, 1.807) is 10.8 Å². The van der Waals surface area contributed by atoms with Gasteiger partial charge in [0.2, 0.25) is 5.89 Å². The van der Waals surface area contributed by atoms with E-state index >= 15 is 0 Å². The molecule has 1 unspecified atom stereocenters. The zero-order valence-corrected chi connectivity index (χ0v) is 18.4. The molecule has 2 aromatic carbocycles. The third kappa shape index (κ3) is 3.91. The van der Waals surface area contributed by atoms with E-state index in [-0.39, 0.29) is 17.5 Å². The first-order valence-electron chi connectivity index (χ1n) is 9.99. The zero-order chi connectivity index (χ0) is 21.6. The van der Waals surface area contributed by atoms with Crippen molar-refractivity contribution in [2.24, 2.45) is 0 Å². The number of fused-ring (bicyclic) bond motifs is 1. The van der Waals surface area contributed by atoms with Crippen molar-refractivity contribution in [2.75, 3.05) is 11.5 Å². The van der Waals surface area contributed by atoms with E-state index in [0.29, 0.717) is 23.0 Å². The minimum atomic E-state index is -3.02. The second-order valence-corrected chi connectivity index (χ2v) is 10.3. The van der Waals surface area contributed by atoms with Gasteiger partial charge in [0.25, 0.3) is 0 Å². The van der Waals surface area contributed by atoms with Crippen LogP contribution in [0.25, 0.3) is 34.4 Å². The first-order chi connectivity index (χ1) is 14.9. The van der Waals surface area contributed by atoms with Crippen molar-refractivity contribution in [3.05, 3.63) is 70.8 Å². The molecule has 1 aliphatic heterocycles. The summed E-state index contributed by atoms with van der Waals surface area (Å²) in [6, 6.07) is 15.8. The molecule has 1 fully saturated rings. The van der Waals surface area contributed by atoms with Gasteiger partial charge in [-0.15, -0.1) is 0 Å². The van der Waals surface area contributed by atoms with E-state index in [1.807, 2.05) is 49.4 Å². The minimum absolute atomic E-state index is 0.0753. The number of nitrogens with zero attached hydrogens (tertiary/aromatic N) is 3. The highest BCUT2D eigenvalue weighted by molar-refractivity contribution is 7.91. The lowest BCUT2D eigenvalue weighted by atomic mass is 10.1. The topological polar surface area (TPSA) is 78.0 Å². The average Bonchev–Trinajstić information content (AvgIpc) is 3.41. The number of halogens is 1. The number of aryl methyl sites for hydroxylation is 1. The van der Waals surface area contributed by atoms with Crippen LogP contribution < -0.4 is 0 Å². The lowest BCUT2D eigenvalue weighted by molar-refractivity contribution is 0.497. The molecule has 0 radical (unpaired) electrons. The Morgan fingerprint density at radius 1 is 1.13 bits per heavy atom. The van der Waals surface area contributed by atoms with Crippen LogP contribution in [0.1, 0.15) is 29.6 Å². The van der Waals surface area contributed by atoms with Gasteiger partial charge in [-0.1, -0.05) is 48.0 Å². The van der Waals surface area contributed by atoms with Crippen LogP contribution in [0.5, 0.6) is 0 Å². The predicted octanol–water partition coefficient (Wildman–Crippen LogP) is 5.18. The molecule has 1 atom stereocenters. The summed E-state index contributed by atoms with van der Waals surface area (Å²) in [6.07, 6.45) is 4.10. The Bertz CT molecular complexity index is 1400. The van der Waals surface area contributed by atoms with Crippen molar-refractivity contribution in [3.8, 4) is 11.1 Å². The largest absolute Gasteiger partial charge is 0.437 e. The van der Waals surface area contributed by atoms with Gasteiger partial charge >= 0.3 is 0 Å². The fraction of sp³-hybridized carbons (Fsp3) is 0.217. The molecule has 2 aromatic heterocycles. The molecule has 31 heavy (non-hydrogen) atoms. The van der Waals surface area contributed by atoms with E-state index in [2.05, 4.69) is 22.2 Å². The summed E-state index contributed by atoms with van der Waals surface area (Å²) in [7, 11) is -3.02. The van der Waals surface area contributed by atoms with Gasteiger partial charge in [-0.3, -0.25) is 0 Å². The SMILES string of the molecule is Cc1nn(C2CCS(=O)(=O)C2)c(Cl)c1/C=C/c1nc2cc(-c3ccccc3)ccc2o1. The van der Waals surface area contributed by atoms with E-state index in [1.165, 1.54) is 0 Å². The Labute approximate surface area is 185 Å². The number of rotatable bonds is 4. The molecule has 0 amide bonds. The number of hydrogen-bond acceptors (Lipinski definition) is 5. The van der Waals surface area contributed by atoms with Gasteiger partial charge in [-0.2, -0.15) is 5.10 Å². The Morgan fingerprint density at radius 3 is 2.68 bits per heavy atom. The van der Waals surface area contributed by atoms with Crippen LogP contribution in [0.4, 0.5) is 0 Å². The van der Waals surface area contributed by atoms with Crippen molar-refractivity contribution in [2.45, 2.75) is 19.4 Å². The molecule has 1 aliphatic rings. The summed E-state index contributed by atoms with van der Waals surface area (Å²) in [5, 5.41) is 4.90. The molecule has 4 aromatic rings. The normalized spacial score (nSPS) is 18.3. The first-order valence-corrected chi connectivity index (χ1v) is 12.2. The van der Waals surface area contributed by atoms with Crippen LogP contribution in [0, 0.1) is 6.92 Å². The second-order valence-electron chi connectivity index (χ2n) is 7.73. The van der Waals surface area contributed by atoms with E-state index in [4.69, 9.17) is 16.0 Å². The van der Waals surface area contributed by atoms with E-state index in [9.17, 15) is 8.42 Å². The zero-order valence-electron chi connectivity index (χ0n) is 16.8. The van der Waals surface area contributed by atoms with E-state index in [0.717, 1.165) is 27.9 Å². The Hall–Kier alpha value is -2.90. The van der Waals surface area contributed by atoms with Gasteiger partial charge in [0.1, 0.15) is 10.7 Å². The van der Waals surface area contributed by atoms with Crippen LogP contribution in [0.2, 0.25) is 5.15 Å². The number of benzene rings is 2. The van der Waals surface area contributed by atoms with Crippen LogP contribution in [-0.2, 0) is 9.84 Å². The summed E-state index contributed by atoms with van der Waals surface area (Å²) >= 11 is 6.54. The molecule has 158 valence electrons. The molecule has 0 aliphatic carbocycles. The quantitative estimate of drug-likeness (QED) is 0.425. The lowest BCUT2D eigenvalue weighted by Gasteiger charge is -2.09. The molecule has 1 saturated heterocycles. The summed E-state index contributed by atoms with van der Waals surface area (Å²) in [5.41, 5.74) is 5.13. The Morgan fingerprint density at radius 2 is 1.94 bits per heavy atom. The van der Waals surface area contributed by atoms with Gasteiger partial charge in [0, 0.05) is 11.6 Å². The van der Waals surface area contributed by atoms with Gasteiger partial charge in [0.15, 0.2) is 15.4 Å². The molecular formula is C23H20ClN3O3S. The van der Waals surface area contributed by atoms with Gasteiger partial charge < -0.3 is 4.42 Å². The fourth-order valence-corrected chi connectivity index (χ4v) is 5.98. The van der Waals surface area contributed by atoms with Crippen LogP contribution in [-0.4, -0.2) is 34.7 Å². The Balaban J connectivity index is 1.43. The molecule has 0 bridgehead atoms. The monoisotopic (exact) mass is 453 g/mol. The second kappa shape index (κ2) is 7.66. The van der Waals surface area contributed by atoms with Crippen LogP contribution in [0.15, 0.2) is 52.9 Å². The molecular weight excluding hydrogens is 434 g/mol. The van der Waals surface area contributed by atoms with Crippen molar-refractivity contribution < 1.29 is 12.8 Å². The summed E-state index contributed by atoms with van der Waals surface area (Å²) in [4.78, 5) is 4.57. The number of aromatic nitrogens is 3. The highest BCUT2D eigenvalue weighted by Gasteiger charge is 2.31. The standard InChI is InChI=1S/C23H20ClN3O3S/c1-15-19(23(24)27(26-15)18-11-12-31(28,29)14-18)8-10-22-25-20-13-17(7-9-21(20)30-22)16-5-3-2-4-6-16/h2-10,13,18H,11-12,14H2,1H3/b10-8+. The highest BCUT2D eigenvalue weighted by atomic mass is 35.5. The number of hydrogen-bond donors (Lipinski definition) is 0. The maximum Gasteiger partial charge on any atom is 0.220 e. The summed E-state index contributed by atoms with van der Waals surface area (Å²) in [6.45, 7) is 1.85. The van der Waals surface area contributed by atoms with Gasteiger partial charge in [0.05, 0.1) is 23.2 Å². The summed E-state index contributed by atoms with van der Waals surface area (Å²) in [5.74, 6) is 0.713. The maximum atomic E-state index is 11.8. The molecule has 5 rings (SSSR count). The van der Waals surface area contributed by atoms with Gasteiger partial charge in [-0.05, 0) is 42.7 Å². The first kappa shape index (κ1) is 20.0. The maximum absolute atomic E-state index is 11.8. The number of sulfone groups is 1. The number of oxazole rings is 1. The molecule has 6 nitrogen and oxygen atoms in total.